The molecule has 0 bridgehead atoms. The third kappa shape index (κ3) is 4.51. The van der Waals surface area contributed by atoms with Gasteiger partial charge in [-0.1, -0.05) is 49.2 Å². The smallest absolute Gasteiger partial charge is 0.250 e. The number of primary amides is 1. The normalized spacial score (nSPS) is 14.7. The number of carbonyl (C=O) groups excluding carboxylic acids is 1. The lowest BCUT2D eigenvalue weighted by molar-refractivity contribution is 0.100. The van der Waals surface area contributed by atoms with Crippen molar-refractivity contribution in [2.24, 2.45) is 5.73 Å². The van der Waals surface area contributed by atoms with E-state index in [1.807, 2.05) is 12.1 Å². The summed E-state index contributed by atoms with van der Waals surface area (Å²) in [6, 6.07) is 18.8. The Labute approximate surface area is 176 Å². The van der Waals surface area contributed by atoms with Crippen LogP contribution in [0.15, 0.2) is 70.7 Å². The van der Waals surface area contributed by atoms with Crippen LogP contribution >= 0.6 is 11.8 Å². The molecule has 0 spiro atoms. The van der Waals surface area contributed by atoms with E-state index in [1.54, 1.807) is 11.8 Å². The van der Waals surface area contributed by atoms with Gasteiger partial charge in [0.2, 0.25) is 0 Å². The number of anilines is 1. The van der Waals surface area contributed by atoms with E-state index in [9.17, 15) is 4.79 Å². The standard InChI is InChI=1S/C24H27N3OS/c1-17-8-5-6-11-22(17)29-23-12-7-15-27(23)19-13-14-20(24(25)28)21(16-19)26-18-9-3-2-4-10-18/h5-8,11-16,18,26H,2-4,9-10H2,1H3,(H2,25,28). The number of aromatic nitrogens is 1. The Bertz CT molecular complexity index is 1000. The minimum Gasteiger partial charge on any atom is -0.382 e. The predicted octanol–water partition coefficient (Wildman–Crippen LogP) is 5.78. The van der Waals surface area contributed by atoms with Gasteiger partial charge in [-0.2, -0.15) is 0 Å². The maximum atomic E-state index is 12.0. The summed E-state index contributed by atoms with van der Waals surface area (Å²) in [4.78, 5) is 13.2. The van der Waals surface area contributed by atoms with Crippen LogP contribution < -0.4 is 11.1 Å². The van der Waals surface area contributed by atoms with Gasteiger partial charge >= 0.3 is 0 Å². The van der Waals surface area contributed by atoms with E-state index >= 15 is 0 Å². The summed E-state index contributed by atoms with van der Waals surface area (Å²) in [6.45, 7) is 2.13. The van der Waals surface area contributed by atoms with Gasteiger partial charge in [-0.25, -0.2) is 0 Å². The second-order valence-electron chi connectivity index (χ2n) is 7.66. The number of hydrogen-bond donors (Lipinski definition) is 2. The molecular weight excluding hydrogens is 378 g/mol. The van der Waals surface area contributed by atoms with Crippen LogP contribution in [0, 0.1) is 6.92 Å². The zero-order chi connectivity index (χ0) is 20.2. The van der Waals surface area contributed by atoms with Crippen molar-refractivity contribution >= 4 is 23.4 Å². The first-order valence-electron chi connectivity index (χ1n) is 10.2. The first kappa shape index (κ1) is 19.6. The number of rotatable bonds is 6. The largest absolute Gasteiger partial charge is 0.382 e. The molecule has 1 amide bonds. The summed E-state index contributed by atoms with van der Waals surface area (Å²) >= 11 is 1.75. The minimum atomic E-state index is -0.392. The highest BCUT2D eigenvalue weighted by Gasteiger charge is 2.17. The Hall–Kier alpha value is -2.66. The van der Waals surface area contributed by atoms with Crippen molar-refractivity contribution in [3.63, 3.8) is 0 Å². The second kappa shape index (κ2) is 8.78. The van der Waals surface area contributed by atoms with E-state index < -0.39 is 5.91 Å². The quantitative estimate of drug-likeness (QED) is 0.546. The monoisotopic (exact) mass is 405 g/mol. The highest BCUT2D eigenvalue weighted by atomic mass is 32.2. The third-order valence-electron chi connectivity index (χ3n) is 5.53. The molecule has 4 nitrogen and oxygen atoms in total. The van der Waals surface area contributed by atoms with E-state index in [0.717, 1.165) is 29.2 Å². The topological polar surface area (TPSA) is 60.0 Å². The zero-order valence-corrected chi connectivity index (χ0v) is 17.5. The summed E-state index contributed by atoms with van der Waals surface area (Å²) in [5.41, 5.74) is 9.32. The van der Waals surface area contributed by atoms with E-state index in [1.165, 1.54) is 29.7 Å². The van der Waals surface area contributed by atoms with Crippen molar-refractivity contribution < 1.29 is 4.79 Å². The molecule has 0 saturated heterocycles. The van der Waals surface area contributed by atoms with Crippen molar-refractivity contribution in [3.05, 3.63) is 71.9 Å². The van der Waals surface area contributed by atoms with Gasteiger partial charge in [0.1, 0.15) is 0 Å². The van der Waals surface area contributed by atoms with Crippen LogP contribution in [-0.2, 0) is 0 Å². The molecule has 5 heteroatoms. The predicted molar refractivity (Wildman–Crippen MR) is 120 cm³/mol. The molecule has 1 aromatic heterocycles. The Balaban J connectivity index is 1.65. The molecule has 0 aliphatic heterocycles. The minimum absolute atomic E-state index is 0.392. The fourth-order valence-electron chi connectivity index (χ4n) is 3.93. The van der Waals surface area contributed by atoms with Gasteiger partial charge in [0, 0.05) is 28.5 Å². The molecular formula is C24H27N3OS. The molecule has 1 fully saturated rings. The van der Waals surface area contributed by atoms with Crippen molar-refractivity contribution in [1.29, 1.82) is 0 Å². The number of carbonyl (C=O) groups is 1. The number of amides is 1. The van der Waals surface area contributed by atoms with Gasteiger partial charge in [-0.15, -0.1) is 0 Å². The lowest BCUT2D eigenvalue weighted by Crippen LogP contribution is -2.24. The molecule has 3 N–H and O–H groups in total. The number of nitrogens with one attached hydrogen (secondary N) is 1. The van der Waals surface area contributed by atoms with E-state index in [0.29, 0.717) is 11.6 Å². The van der Waals surface area contributed by atoms with E-state index in [4.69, 9.17) is 5.73 Å². The first-order chi connectivity index (χ1) is 14.1. The number of hydrogen-bond acceptors (Lipinski definition) is 3. The third-order valence-corrected chi connectivity index (χ3v) is 6.75. The maximum Gasteiger partial charge on any atom is 0.250 e. The first-order valence-corrected chi connectivity index (χ1v) is 11.0. The molecule has 29 heavy (non-hydrogen) atoms. The number of nitrogens with zero attached hydrogens (tertiary/aromatic N) is 1. The van der Waals surface area contributed by atoms with Gasteiger partial charge in [0.25, 0.3) is 5.91 Å². The molecule has 1 aliphatic carbocycles. The molecule has 1 aliphatic rings. The molecule has 0 unspecified atom stereocenters. The Morgan fingerprint density at radius 3 is 2.62 bits per heavy atom. The number of nitrogens with two attached hydrogens (primary N) is 1. The Morgan fingerprint density at radius 2 is 1.86 bits per heavy atom. The summed E-state index contributed by atoms with van der Waals surface area (Å²) in [6.07, 6.45) is 8.10. The summed E-state index contributed by atoms with van der Waals surface area (Å²) in [7, 11) is 0. The summed E-state index contributed by atoms with van der Waals surface area (Å²) in [5, 5.41) is 4.72. The summed E-state index contributed by atoms with van der Waals surface area (Å²) in [5.74, 6) is -0.392. The van der Waals surface area contributed by atoms with Crippen molar-refractivity contribution in [3.8, 4) is 5.69 Å². The van der Waals surface area contributed by atoms with Crippen LogP contribution in [0.25, 0.3) is 5.69 Å². The van der Waals surface area contributed by atoms with Crippen LogP contribution in [0.3, 0.4) is 0 Å². The van der Waals surface area contributed by atoms with Crippen LogP contribution in [-0.4, -0.2) is 16.5 Å². The highest BCUT2D eigenvalue weighted by molar-refractivity contribution is 7.99. The van der Waals surface area contributed by atoms with Crippen LogP contribution in [0.1, 0.15) is 48.0 Å². The van der Waals surface area contributed by atoms with Crippen LogP contribution in [0.5, 0.6) is 0 Å². The van der Waals surface area contributed by atoms with Gasteiger partial charge < -0.3 is 15.6 Å². The van der Waals surface area contributed by atoms with Crippen LogP contribution in [0.2, 0.25) is 0 Å². The molecule has 3 aromatic rings. The van der Waals surface area contributed by atoms with E-state index in [2.05, 4.69) is 65.5 Å². The fraction of sp³-hybridized carbons (Fsp3) is 0.292. The molecule has 0 atom stereocenters. The summed E-state index contributed by atoms with van der Waals surface area (Å²) < 4.78 is 2.16. The van der Waals surface area contributed by atoms with Crippen molar-refractivity contribution in [2.45, 2.75) is 55.0 Å². The fourth-order valence-corrected chi connectivity index (χ4v) is 4.94. The molecule has 2 aromatic carbocycles. The molecule has 1 saturated carbocycles. The van der Waals surface area contributed by atoms with Gasteiger partial charge in [0.05, 0.1) is 10.6 Å². The van der Waals surface area contributed by atoms with Crippen molar-refractivity contribution in [1.82, 2.24) is 4.57 Å². The van der Waals surface area contributed by atoms with E-state index in [-0.39, 0.29) is 0 Å². The molecule has 150 valence electrons. The van der Waals surface area contributed by atoms with Gasteiger partial charge in [-0.3, -0.25) is 4.79 Å². The zero-order valence-electron chi connectivity index (χ0n) is 16.7. The second-order valence-corrected chi connectivity index (χ2v) is 8.72. The van der Waals surface area contributed by atoms with Crippen LogP contribution in [0.4, 0.5) is 5.69 Å². The molecule has 1 heterocycles. The van der Waals surface area contributed by atoms with Crippen molar-refractivity contribution in [2.75, 3.05) is 5.32 Å². The van der Waals surface area contributed by atoms with Gasteiger partial charge in [0.15, 0.2) is 0 Å². The molecule has 0 radical (unpaired) electrons. The lowest BCUT2D eigenvalue weighted by Gasteiger charge is -2.25. The lowest BCUT2D eigenvalue weighted by atomic mass is 9.95. The number of benzene rings is 2. The average Bonchev–Trinajstić information content (AvgIpc) is 3.18. The SMILES string of the molecule is Cc1ccccc1Sc1cccn1-c1ccc(C(N)=O)c(NC2CCCCC2)c1. The average molecular weight is 406 g/mol. The Morgan fingerprint density at radius 1 is 1.07 bits per heavy atom. The Kier molecular flexibility index (Phi) is 5.95. The highest BCUT2D eigenvalue weighted by Crippen LogP contribution is 2.33. The maximum absolute atomic E-state index is 12.0. The van der Waals surface area contributed by atoms with Gasteiger partial charge in [-0.05, 0) is 61.7 Å². The molecule has 4 rings (SSSR count). The number of aryl methyl sites for hydroxylation is 1.